The van der Waals surface area contributed by atoms with Crippen LogP contribution in [0, 0.1) is 0 Å². The Balaban J connectivity index is 1.67. The van der Waals surface area contributed by atoms with Gasteiger partial charge in [-0.05, 0) is 24.5 Å². The SMILES string of the molecule is O=C(C=Cc1ccccc1)N1CCC(C(=O)O)(n2ccnc2)CC1. The van der Waals surface area contributed by atoms with Crippen LogP contribution in [0.4, 0.5) is 0 Å². The first-order valence-corrected chi connectivity index (χ1v) is 7.86. The zero-order valence-electron chi connectivity index (χ0n) is 13.2. The molecule has 0 saturated carbocycles. The summed E-state index contributed by atoms with van der Waals surface area (Å²) in [6.07, 6.45) is 8.82. The number of likely N-dealkylation sites (tertiary alicyclic amines) is 1. The maximum Gasteiger partial charge on any atom is 0.330 e. The molecule has 0 spiro atoms. The molecule has 6 heteroatoms. The van der Waals surface area contributed by atoms with E-state index in [1.165, 1.54) is 6.33 Å². The van der Waals surface area contributed by atoms with Crippen molar-refractivity contribution in [2.24, 2.45) is 0 Å². The smallest absolute Gasteiger partial charge is 0.330 e. The molecule has 1 saturated heterocycles. The molecule has 0 aliphatic carbocycles. The number of carbonyl (C=O) groups is 2. The number of carboxylic acid groups (broad SMARTS) is 1. The molecule has 1 aromatic heterocycles. The highest BCUT2D eigenvalue weighted by Gasteiger charge is 2.43. The molecule has 0 bridgehead atoms. The van der Waals surface area contributed by atoms with E-state index in [2.05, 4.69) is 4.98 Å². The predicted octanol–water partition coefficient (Wildman–Crippen LogP) is 2.00. The van der Waals surface area contributed by atoms with Crippen molar-refractivity contribution < 1.29 is 14.7 Å². The first-order valence-electron chi connectivity index (χ1n) is 7.86. The Morgan fingerprint density at radius 3 is 2.46 bits per heavy atom. The molecule has 1 aliphatic rings. The van der Waals surface area contributed by atoms with Crippen LogP contribution in [0.25, 0.3) is 6.08 Å². The summed E-state index contributed by atoms with van der Waals surface area (Å²) in [5, 5.41) is 9.67. The minimum Gasteiger partial charge on any atom is -0.479 e. The quantitative estimate of drug-likeness (QED) is 0.873. The Hall–Kier alpha value is -2.89. The Kier molecular flexibility index (Phi) is 4.46. The van der Waals surface area contributed by atoms with Crippen LogP contribution in [0.15, 0.2) is 55.1 Å². The molecule has 3 rings (SSSR count). The number of aromatic nitrogens is 2. The highest BCUT2D eigenvalue weighted by atomic mass is 16.4. The van der Waals surface area contributed by atoms with Gasteiger partial charge in [-0.25, -0.2) is 9.78 Å². The minimum atomic E-state index is -1.02. The molecule has 1 N–H and O–H groups in total. The van der Waals surface area contributed by atoms with E-state index in [0.717, 1.165) is 5.56 Å². The van der Waals surface area contributed by atoms with E-state index in [-0.39, 0.29) is 5.91 Å². The van der Waals surface area contributed by atoms with Gasteiger partial charge in [0.05, 0.1) is 6.33 Å². The highest BCUT2D eigenvalue weighted by molar-refractivity contribution is 5.92. The molecule has 2 aromatic rings. The van der Waals surface area contributed by atoms with Gasteiger partial charge in [0.2, 0.25) is 5.91 Å². The van der Waals surface area contributed by atoms with Gasteiger partial charge in [0.1, 0.15) is 5.54 Å². The number of aliphatic carboxylic acids is 1. The average Bonchev–Trinajstić information content (AvgIpc) is 3.15. The average molecular weight is 325 g/mol. The molecule has 24 heavy (non-hydrogen) atoms. The molecule has 2 heterocycles. The van der Waals surface area contributed by atoms with E-state index in [9.17, 15) is 14.7 Å². The minimum absolute atomic E-state index is 0.0940. The van der Waals surface area contributed by atoms with Gasteiger partial charge in [-0.2, -0.15) is 0 Å². The fourth-order valence-corrected chi connectivity index (χ4v) is 3.03. The maximum absolute atomic E-state index is 12.3. The Bertz CT molecular complexity index is 730. The number of benzene rings is 1. The largest absolute Gasteiger partial charge is 0.479 e. The highest BCUT2D eigenvalue weighted by Crippen LogP contribution is 2.30. The third-order valence-corrected chi connectivity index (χ3v) is 4.52. The lowest BCUT2D eigenvalue weighted by Crippen LogP contribution is -2.51. The van der Waals surface area contributed by atoms with E-state index < -0.39 is 11.5 Å². The number of imidazole rings is 1. The van der Waals surface area contributed by atoms with E-state index in [1.54, 1.807) is 34.0 Å². The fraction of sp³-hybridized carbons (Fsp3) is 0.278. The monoisotopic (exact) mass is 325 g/mol. The van der Waals surface area contributed by atoms with Crippen LogP contribution >= 0.6 is 0 Å². The van der Waals surface area contributed by atoms with Gasteiger partial charge >= 0.3 is 5.97 Å². The van der Waals surface area contributed by atoms with Gasteiger partial charge in [0.25, 0.3) is 0 Å². The van der Waals surface area contributed by atoms with Crippen molar-refractivity contribution in [2.75, 3.05) is 13.1 Å². The number of nitrogens with zero attached hydrogens (tertiary/aromatic N) is 3. The second-order valence-corrected chi connectivity index (χ2v) is 5.88. The number of piperidine rings is 1. The molecule has 0 radical (unpaired) electrons. The summed E-state index contributed by atoms with van der Waals surface area (Å²) in [5.74, 6) is -0.976. The lowest BCUT2D eigenvalue weighted by atomic mass is 9.87. The van der Waals surface area contributed by atoms with Crippen molar-refractivity contribution in [3.05, 3.63) is 60.7 Å². The third-order valence-electron chi connectivity index (χ3n) is 4.52. The van der Waals surface area contributed by atoms with Crippen LogP contribution in [0.3, 0.4) is 0 Å². The van der Waals surface area contributed by atoms with E-state index >= 15 is 0 Å². The van der Waals surface area contributed by atoms with E-state index in [1.807, 2.05) is 30.3 Å². The van der Waals surface area contributed by atoms with Crippen LogP contribution < -0.4 is 0 Å². The molecule has 1 aromatic carbocycles. The zero-order valence-corrected chi connectivity index (χ0v) is 13.2. The molecular formula is C18H19N3O3. The van der Waals surface area contributed by atoms with Crippen LogP contribution in [-0.2, 0) is 15.1 Å². The molecule has 1 fully saturated rings. The van der Waals surface area contributed by atoms with E-state index in [0.29, 0.717) is 25.9 Å². The summed E-state index contributed by atoms with van der Waals surface area (Å²) in [4.78, 5) is 29.7. The summed E-state index contributed by atoms with van der Waals surface area (Å²) >= 11 is 0. The van der Waals surface area contributed by atoms with Gasteiger partial charge in [-0.1, -0.05) is 30.3 Å². The van der Waals surface area contributed by atoms with Crippen LogP contribution in [-0.4, -0.2) is 44.5 Å². The number of carboxylic acids is 1. The second kappa shape index (κ2) is 6.70. The molecule has 1 amide bonds. The van der Waals surface area contributed by atoms with Crippen LogP contribution in [0.1, 0.15) is 18.4 Å². The lowest BCUT2D eigenvalue weighted by Gasteiger charge is -2.39. The predicted molar refractivity (Wildman–Crippen MR) is 89.1 cm³/mol. The number of rotatable bonds is 4. The van der Waals surface area contributed by atoms with Crippen molar-refractivity contribution in [1.82, 2.24) is 14.5 Å². The van der Waals surface area contributed by atoms with Gasteiger partial charge < -0.3 is 14.6 Å². The lowest BCUT2D eigenvalue weighted by molar-refractivity contribution is -0.152. The first kappa shape index (κ1) is 16.0. The summed E-state index contributed by atoms with van der Waals surface area (Å²) in [6, 6.07) is 9.60. The first-order chi connectivity index (χ1) is 11.6. The van der Waals surface area contributed by atoms with Crippen molar-refractivity contribution in [1.29, 1.82) is 0 Å². The zero-order chi connectivity index (χ0) is 17.0. The molecule has 1 aliphatic heterocycles. The summed E-state index contributed by atoms with van der Waals surface area (Å²) in [7, 11) is 0. The van der Waals surface area contributed by atoms with Crippen molar-refractivity contribution in [2.45, 2.75) is 18.4 Å². The molecule has 0 atom stereocenters. The molecule has 124 valence electrons. The maximum atomic E-state index is 12.3. The topological polar surface area (TPSA) is 75.4 Å². The number of hydrogen-bond donors (Lipinski definition) is 1. The fourth-order valence-electron chi connectivity index (χ4n) is 3.03. The van der Waals surface area contributed by atoms with Crippen LogP contribution in [0.2, 0.25) is 0 Å². The molecule has 0 unspecified atom stereocenters. The standard InChI is InChI=1S/C18H19N3O3/c22-16(7-6-15-4-2-1-3-5-15)20-11-8-18(9-12-20,17(23)24)21-13-10-19-14-21/h1-7,10,13-14H,8-9,11-12H2,(H,23,24). The van der Waals surface area contributed by atoms with Gasteiger partial charge in [-0.3, -0.25) is 4.79 Å². The Labute approximate surface area is 140 Å². The Morgan fingerprint density at radius 2 is 1.88 bits per heavy atom. The number of carbonyl (C=O) groups excluding carboxylic acids is 1. The second-order valence-electron chi connectivity index (χ2n) is 5.88. The third kappa shape index (κ3) is 3.08. The molecular weight excluding hydrogens is 306 g/mol. The number of hydrogen-bond acceptors (Lipinski definition) is 3. The van der Waals surface area contributed by atoms with Gasteiger partial charge in [0.15, 0.2) is 0 Å². The van der Waals surface area contributed by atoms with Gasteiger partial charge in [-0.15, -0.1) is 0 Å². The van der Waals surface area contributed by atoms with Crippen LogP contribution in [0.5, 0.6) is 0 Å². The molecule has 6 nitrogen and oxygen atoms in total. The van der Waals surface area contributed by atoms with Crippen molar-refractivity contribution in [3.63, 3.8) is 0 Å². The van der Waals surface area contributed by atoms with Crippen molar-refractivity contribution in [3.8, 4) is 0 Å². The van der Waals surface area contributed by atoms with Crippen molar-refractivity contribution >= 4 is 18.0 Å². The summed E-state index contributed by atoms with van der Waals surface area (Å²) in [6.45, 7) is 0.810. The Morgan fingerprint density at radius 1 is 1.17 bits per heavy atom. The number of amides is 1. The summed E-state index contributed by atoms with van der Waals surface area (Å²) < 4.78 is 1.64. The summed E-state index contributed by atoms with van der Waals surface area (Å²) in [5.41, 5.74) is -0.0580. The van der Waals surface area contributed by atoms with E-state index in [4.69, 9.17) is 0 Å². The van der Waals surface area contributed by atoms with Gasteiger partial charge in [0, 0.05) is 31.6 Å². The normalized spacial score (nSPS) is 17.1.